The zero-order valence-electron chi connectivity index (χ0n) is 12.4. The number of benzene rings is 1. The van der Waals surface area contributed by atoms with Crippen LogP contribution in [0.3, 0.4) is 0 Å². The molecule has 0 aliphatic carbocycles. The Hall–Kier alpha value is -1.20. The Morgan fingerprint density at radius 3 is 2.40 bits per heavy atom. The fourth-order valence-corrected chi connectivity index (χ4v) is 1.67. The van der Waals surface area contributed by atoms with Gasteiger partial charge in [0.15, 0.2) is 6.29 Å². The quantitative estimate of drug-likeness (QED) is 0.558. The molecule has 20 heavy (non-hydrogen) atoms. The van der Waals surface area contributed by atoms with E-state index in [4.69, 9.17) is 14.2 Å². The summed E-state index contributed by atoms with van der Waals surface area (Å²) in [5.41, 5.74) is 1.09. The molecule has 2 atom stereocenters. The Balaban J connectivity index is 2.31. The molecule has 1 rings (SSSR count). The van der Waals surface area contributed by atoms with E-state index < -0.39 is 6.10 Å². The lowest BCUT2D eigenvalue weighted by molar-refractivity contribution is -0.0988. The van der Waals surface area contributed by atoms with Gasteiger partial charge in [-0.25, -0.2) is 0 Å². The van der Waals surface area contributed by atoms with Gasteiger partial charge in [0.1, 0.15) is 0 Å². The second-order valence-corrected chi connectivity index (χ2v) is 4.56. The van der Waals surface area contributed by atoms with Gasteiger partial charge < -0.3 is 19.3 Å². The molecular weight excluding hydrogens is 256 g/mol. The van der Waals surface area contributed by atoms with E-state index in [0.29, 0.717) is 13.0 Å². The first-order chi connectivity index (χ1) is 9.67. The third kappa shape index (κ3) is 6.30. The fraction of sp³-hybridized carbons (Fsp3) is 0.500. The Labute approximate surface area is 121 Å². The minimum absolute atomic E-state index is 0.269. The second kappa shape index (κ2) is 9.66. The molecule has 1 aromatic carbocycles. The number of methoxy groups -OCH3 is 2. The van der Waals surface area contributed by atoms with Gasteiger partial charge in [-0.2, -0.15) is 0 Å². The van der Waals surface area contributed by atoms with E-state index in [1.54, 1.807) is 20.3 Å². The lowest BCUT2D eigenvalue weighted by atomic mass is 10.2. The van der Waals surface area contributed by atoms with Gasteiger partial charge in [0.05, 0.1) is 18.8 Å². The van der Waals surface area contributed by atoms with Gasteiger partial charge in [0.25, 0.3) is 0 Å². The molecule has 4 nitrogen and oxygen atoms in total. The van der Waals surface area contributed by atoms with Crippen LogP contribution < -0.4 is 0 Å². The van der Waals surface area contributed by atoms with Crippen molar-refractivity contribution >= 4 is 0 Å². The number of aliphatic hydroxyl groups excluding tert-OH is 1. The number of hydrogen-bond acceptors (Lipinski definition) is 4. The number of ether oxygens (including phenoxy) is 3. The molecule has 0 aromatic heterocycles. The lowest BCUT2D eigenvalue weighted by Crippen LogP contribution is -2.24. The molecule has 0 aliphatic heterocycles. The maximum Gasteiger partial charge on any atom is 0.160 e. The third-order valence-corrected chi connectivity index (χ3v) is 3.02. The van der Waals surface area contributed by atoms with Crippen molar-refractivity contribution in [2.45, 2.75) is 38.4 Å². The van der Waals surface area contributed by atoms with Crippen LogP contribution in [0.1, 0.15) is 18.9 Å². The standard InChI is InChI=1S/C16H24O4/c1-13(20-12-14-8-5-4-6-9-14)15(17)10-7-11-16(18-2)19-3/h4-10,13,15-17H,11-12H2,1-3H3/b10-7-/t13-,15+/m1/s1. The molecule has 0 saturated carbocycles. The summed E-state index contributed by atoms with van der Waals surface area (Å²) in [6.45, 7) is 2.34. The molecular formula is C16H24O4. The Morgan fingerprint density at radius 1 is 1.15 bits per heavy atom. The van der Waals surface area contributed by atoms with E-state index >= 15 is 0 Å². The Morgan fingerprint density at radius 2 is 1.80 bits per heavy atom. The summed E-state index contributed by atoms with van der Waals surface area (Å²) in [6.07, 6.45) is 2.95. The SMILES string of the molecule is COC(C/C=C\[C@H](O)[C@@H](C)OCc1ccccc1)OC. The third-order valence-electron chi connectivity index (χ3n) is 3.02. The molecule has 0 unspecified atom stereocenters. The molecule has 0 spiro atoms. The number of hydrogen-bond donors (Lipinski definition) is 1. The maximum absolute atomic E-state index is 9.96. The lowest BCUT2D eigenvalue weighted by Gasteiger charge is -2.17. The van der Waals surface area contributed by atoms with Gasteiger partial charge in [-0.1, -0.05) is 42.5 Å². The first-order valence-corrected chi connectivity index (χ1v) is 6.73. The van der Waals surface area contributed by atoms with Gasteiger partial charge in [-0.15, -0.1) is 0 Å². The summed E-state index contributed by atoms with van der Waals surface area (Å²) < 4.78 is 15.8. The average Bonchev–Trinajstić information content (AvgIpc) is 2.50. The van der Waals surface area contributed by atoms with E-state index in [0.717, 1.165) is 5.56 Å². The van der Waals surface area contributed by atoms with E-state index in [1.807, 2.05) is 43.3 Å². The van der Waals surface area contributed by atoms with Crippen LogP contribution in [0.4, 0.5) is 0 Å². The van der Waals surface area contributed by atoms with E-state index in [9.17, 15) is 5.11 Å². The summed E-state index contributed by atoms with van der Waals surface area (Å²) in [4.78, 5) is 0. The van der Waals surface area contributed by atoms with Gasteiger partial charge in [-0.3, -0.25) is 0 Å². The highest BCUT2D eigenvalue weighted by atomic mass is 16.7. The van der Waals surface area contributed by atoms with E-state index in [-0.39, 0.29) is 12.4 Å². The molecule has 1 N–H and O–H groups in total. The van der Waals surface area contributed by atoms with Crippen LogP contribution in [0.5, 0.6) is 0 Å². The van der Waals surface area contributed by atoms with Crippen LogP contribution >= 0.6 is 0 Å². The molecule has 0 heterocycles. The predicted octanol–water partition coefficient (Wildman–Crippen LogP) is 2.52. The first kappa shape index (κ1) is 16.9. The van der Waals surface area contributed by atoms with Crippen molar-refractivity contribution in [3.63, 3.8) is 0 Å². The predicted molar refractivity (Wildman–Crippen MR) is 78.3 cm³/mol. The van der Waals surface area contributed by atoms with Crippen LogP contribution in [-0.4, -0.2) is 37.8 Å². The van der Waals surface area contributed by atoms with E-state index in [1.165, 1.54) is 0 Å². The summed E-state index contributed by atoms with van der Waals surface area (Å²) in [7, 11) is 3.17. The smallest absolute Gasteiger partial charge is 0.160 e. The number of aliphatic hydroxyl groups is 1. The van der Waals surface area contributed by atoms with Crippen molar-refractivity contribution in [3.05, 3.63) is 48.0 Å². The van der Waals surface area contributed by atoms with Gasteiger partial charge in [0.2, 0.25) is 0 Å². The first-order valence-electron chi connectivity index (χ1n) is 6.73. The van der Waals surface area contributed by atoms with Crippen LogP contribution in [0.2, 0.25) is 0 Å². The summed E-state index contributed by atoms with van der Waals surface area (Å²) in [5.74, 6) is 0. The topological polar surface area (TPSA) is 47.9 Å². The van der Waals surface area contributed by atoms with Gasteiger partial charge >= 0.3 is 0 Å². The monoisotopic (exact) mass is 280 g/mol. The Kier molecular flexibility index (Phi) is 8.14. The maximum atomic E-state index is 9.96. The molecule has 112 valence electrons. The van der Waals surface area contributed by atoms with Crippen LogP contribution in [-0.2, 0) is 20.8 Å². The molecule has 1 aromatic rings. The van der Waals surface area contributed by atoms with Gasteiger partial charge in [-0.05, 0) is 12.5 Å². The van der Waals surface area contributed by atoms with Crippen molar-refractivity contribution in [2.75, 3.05) is 14.2 Å². The van der Waals surface area contributed by atoms with Crippen molar-refractivity contribution in [1.82, 2.24) is 0 Å². The minimum Gasteiger partial charge on any atom is -0.386 e. The molecule has 0 bridgehead atoms. The van der Waals surface area contributed by atoms with Crippen molar-refractivity contribution in [2.24, 2.45) is 0 Å². The molecule has 4 heteroatoms. The molecule has 0 amide bonds. The van der Waals surface area contributed by atoms with Crippen molar-refractivity contribution < 1.29 is 19.3 Å². The average molecular weight is 280 g/mol. The molecule has 0 saturated heterocycles. The van der Waals surface area contributed by atoms with Crippen LogP contribution in [0, 0.1) is 0 Å². The summed E-state index contributed by atoms with van der Waals surface area (Å²) >= 11 is 0. The minimum atomic E-state index is -0.645. The molecule has 0 aliphatic rings. The highest BCUT2D eigenvalue weighted by molar-refractivity contribution is 5.13. The second-order valence-electron chi connectivity index (χ2n) is 4.56. The Bertz CT molecular complexity index is 373. The summed E-state index contributed by atoms with van der Waals surface area (Å²) in [5, 5.41) is 9.96. The van der Waals surface area contributed by atoms with Gasteiger partial charge in [0, 0.05) is 20.6 Å². The van der Waals surface area contributed by atoms with Crippen LogP contribution in [0.25, 0.3) is 0 Å². The highest BCUT2D eigenvalue weighted by Crippen LogP contribution is 2.08. The van der Waals surface area contributed by atoms with E-state index in [2.05, 4.69) is 0 Å². The largest absolute Gasteiger partial charge is 0.386 e. The zero-order chi connectivity index (χ0) is 14.8. The highest BCUT2D eigenvalue weighted by Gasteiger charge is 2.11. The summed E-state index contributed by atoms with van der Waals surface area (Å²) in [6, 6.07) is 9.89. The zero-order valence-corrected chi connectivity index (χ0v) is 12.4. The molecule has 0 radical (unpaired) electrons. The van der Waals surface area contributed by atoms with Crippen molar-refractivity contribution in [1.29, 1.82) is 0 Å². The fourth-order valence-electron chi connectivity index (χ4n) is 1.67. The number of rotatable bonds is 9. The normalized spacial score (nSPS) is 14.8. The molecule has 0 fully saturated rings. The van der Waals surface area contributed by atoms with Crippen LogP contribution in [0.15, 0.2) is 42.5 Å². The van der Waals surface area contributed by atoms with Crippen molar-refractivity contribution in [3.8, 4) is 0 Å².